The standard InChI is InChI=1S/C18H30N4O2S/c1-3-25(23,24)22-14-13-20-17(19-2)21-15-18(11-7-8-12-18)16-9-5-4-6-10-16/h4-6,9-10,22H,3,7-8,11-15H2,1-2H3,(H2,19,20,21). The molecule has 0 saturated heterocycles. The van der Waals surface area contributed by atoms with Gasteiger partial charge < -0.3 is 10.6 Å². The third-order valence-corrected chi connectivity index (χ3v) is 6.29. The zero-order chi connectivity index (χ0) is 18.2. The molecule has 0 amide bonds. The van der Waals surface area contributed by atoms with Gasteiger partial charge in [-0.05, 0) is 25.3 Å². The number of aliphatic imine (C=N–C) groups is 1. The smallest absolute Gasteiger partial charge is 0.211 e. The SMILES string of the molecule is CCS(=O)(=O)NCCNC(=NC)NCC1(c2ccccc2)CCCC1. The number of nitrogens with one attached hydrogen (secondary N) is 3. The summed E-state index contributed by atoms with van der Waals surface area (Å²) in [5, 5.41) is 6.59. The van der Waals surface area contributed by atoms with Crippen molar-refractivity contribution in [2.24, 2.45) is 4.99 Å². The fraction of sp³-hybridized carbons (Fsp3) is 0.611. The zero-order valence-electron chi connectivity index (χ0n) is 15.2. The first-order valence-corrected chi connectivity index (χ1v) is 10.6. The molecule has 1 aromatic carbocycles. The molecular formula is C18H30N4O2S. The van der Waals surface area contributed by atoms with Crippen LogP contribution in [0.5, 0.6) is 0 Å². The molecule has 0 unspecified atom stereocenters. The predicted molar refractivity (Wildman–Crippen MR) is 103 cm³/mol. The predicted octanol–water partition coefficient (Wildman–Crippen LogP) is 1.60. The average molecular weight is 367 g/mol. The molecule has 0 heterocycles. The molecule has 0 aliphatic heterocycles. The molecule has 6 nitrogen and oxygen atoms in total. The van der Waals surface area contributed by atoms with E-state index in [-0.39, 0.29) is 11.2 Å². The quantitative estimate of drug-likeness (QED) is 0.371. The lowest BCUT2D eigenvalue weighted by Crippen LogP contribution is -2.46. The van der Waals surface area contributed by atoms with Crippen LogP contribution >= 0.6 is 0 Å². The van der Waals surface area contributed by atoms with E-state index in [2.05, 4.69) is 50.7 Å². The van der Waals surface area contributed by atoms with Gasteiger partial charge in [0.25, 0.3) is 0 Å². The molecule has 0 atom stereocenters. The van der Waals surface area contributed by atoms with Crippen LogP contribution < -0.4 is 15.4 Å². The molecule has 140 valence electrons. The van der Waals surface area contributed by atoms with E-state index in [1.54, 1.807) is 14.0 Å². The van der Waals surface area contributed by atoms with Gasteiger partial charge in [-0.15, -0.1) is 0 Å². The van der Waals surface area contributed by atoms with Crippen molar-refractivity contribution < 1.29 is 8.42 Å². The number of hydrogen-bond acceptors (Lipinski definition) is 3. The largest absolute Gasteiger partial charge is 0.356 e. The lowest BCUT2D eigenvalue weighted by atomic mass is 9.79. The maximum absolute atomic E-state index is 11.4. The van der Waals surface area contributed by atoms with E-state index in [4.69, 9.17) is 0 Å². The summed E-state index contributed by atoms with van der Waals surface area (Å²) < 4.78 is 25.4. The summed E-state index contributed by atoms with van der Waals surface area (Å²) in [5.41, 5.74) is 1.54. The van der Waals surface area contributed by atoms with Crippen molar-refractivity contribution in [3.63, 3.8) is 0 Å². The van der Waals surface area contributed by atoms with Crippen LogP contribution in [0.3, 0.4) is 0 Å². The fourth-order valence-electron chi connectivity index (χ4n) is 3.37. The Bertz CT molecular complexity index is 653. The third-order valence-electron chi connectivity index (χ3n) is 4.88. The molecular weight excluding hydrogens is 336 g/mol. The highest BCUT2D eigenvalue weighted by atomic mass is 32.2. The molecule has 7 heteroatoms. The molecule has 1 saturated carbocycles. The molecule has 3 N–H and O–H groups in total. The number of sulfonamides is 1. The van der Waals surface area contributed by atoms with Crippen molar-refractivity contribution in [2.75, 3.05) is 32.4 Å². The number of benzene rings is 1. The number of nitrogens with zero attached hydrogens (tertiary/aromatic N) is 1. The minimum absolute atomic E-state index is 0.0968. The Morgan fingerprint density at radius 2 is 1.80 bits per heavy atom. The van der Waals surface area contributed by atoms with Gasteiger partial charge in [-0.25, -0.2) is 13.1 Å². The van der Waals surface area contributed by atoms with Gasteiger partial charge in [0.15, 0.2) is 5.96 Å². The maximum Gasteiger partial charge on any atom is 0.211 e. The van der Waals surface area contributed by atoms with Crippen molar-refractivity contribution in [3.8, 4) is 0 Å². The van der Waals surface area contributed by atoms with Crippen LogP contribution in [0.25, 0.3) is 0 Å². The van der Waals surface area contributed by atoms with Crippen LogP contribution in [0, 0.1) is 0 Å². The van der Waals surface area contributed by atoms with Crippen molar-refractivity contribution in [1.29, 1.82) is 0 Å². The number of rotatable bonds is 8. The molecule has 2 rings (SSSR count). The van der Waals surface area contributed by atoms with Gasteiger partial charge in [-0.1, -0.05) is 43.2 Å². The van der Waals surface area contributed by atoms with Gasteiger partial charge in [0.2, 0.25) is 10.0 Å². The van der Waals surface area contributed by atoms with Crippen LogP contribution in [0.2, 0.25) is 0 Å². The second-order valence-electron chi connectivity index (χ2n) is 6.50. The molecule has 0 radical (unpaired) electrons. The van der Waals surface area contributed by atoms with Gasteiger partial charge in [0, 0.05) is 32.1 Å². The monoisotopic (exact) mass is 366 g/mol. The summed E-state index contributed by atoms with van der Waals surface area (Å²) >= 11 is 0. The van der Waals surface area contributed by atoms with Crippen molar-refractivity contribution in [2.45, 2.75) is 38.0 Å². The van der Waals surface area contributed by atoms with E-state index in [9.17, 15) is 8.42 Å². The summed E-state index contributed by atoms with van der Waals surface area (Å²) in [6, 6.07) is 10.7. The summed E-state index contributed by atoms with van der Waals surface area (Å²) in [4.78, 5) is 4.25. The Hall–Kier alpha value is -1.60. The van der Waals surface area contributed by atoms with Gasteiger partial charge in [-0.3, -0.25) is 4.99 Å². The average Bonchev–Trinajstić information content (AvgIpc) is 3.12. The van der Waals surface area contributed by atoms with Crippen LogP contribution in [0.1, 0.15) is 38.2 Å². The highest BCUT2D eigenvalue weighted by Gasteiger charge is 2.35. The van der Waals surface area contributed by atoms with E-state index in [0.29, 0.717) is 19.0 Å². The lowest BCUT2D eigenvalue weighted by Gasteiger charge is -2.30. The van der Waals surface area contributed by atoms with Crippen molar-refractivity contribution >= 4 is 16.0 Å². The molecule has 1 aromatic rings. The molecule has 0 spiro atoms. The second kappa shape index (κ2) is 9.20. The Kier molecular flexibility index (Phi) is 7.25. The summed E-state index contributed by atoms with van der Waals surface area (Å²) in [6.07, 6.45) is 4.86. The lowest BCUT2D eigenvalue weighted by molar-refractivity contribution is 0.432. The molecule has 25 heavy (non-hydrogen) atoms. The zero-order valence-corrected chi connectivity index (χ0v) is 16.0. The highest BCUT2D eigenvalue weighted by Crippen LogP contribution is 2.40. The fourth-order valence-corrected chi connectivity index (χ4v) is 3.99. The second-order valence-corrected chi connectivity index (χ2v) is 8.60. The van der Waals surface area contributed by atoms with E-state index >= 15 is 0 Å². The summed E-state index contributed by atoms with van der Waals surface area (Å²) in [5.74, 6) is 0.803. The Morgan fingerprint density at radius 1 is 1.12 bits per heavy atom. The van der Waals surface area contributed by atoms with Crippen LogP contribution in [-0.2, 0) is 15.4 Å². The van der Waals surface area contributed by atoms with Gasteiger partial charge in [0.05, 0.1) is 5.75 Å². The number of hydrogen-bond donors (Lipinski definition) is 3. The van der Waals surface area contributed by atoms with Crippen molar-refractivity contribution in [3.05, 3.63) is 35.9 Å². The Labute approximate surface area is 151 Å². The van der Waals surface area contributed by atoms with Gasteiger partial charge in [0.1, 0.15) is 0 Å². The number of guanidine groups is 1. The van der Waals surface area contributed by atoms with Gasteiger partial charge in [-0.2, -0.15) is 0 Å². The Morgan fingerprint density at radius 3 is 2.40 bits per heavy atom. The summed E-state index contributed by atoms with van der Waals surface area (Å²) in [6.45, 7) is 3.30. The summed E-state index contributed by atoms with van der Waals surface area (Å²) in [7, 11) is -1.41. The van der Waals surface area contributed by atoms with E-state index in [0.717, 1.165) is 6.54 Å². The first kappa shape index (κ1) is 19.7. The first-order chi connectivity index (χ1) is 12.0. The molecule has 0 bridgehead atoms. The van der Waals surface area contributed by atoms with Crippen LogP contribution in [0.4, 0.5) is 0 Å². The molecule has 1 fully saturated rings. The third kappa shape index (κ3) is 5.71. The Balaban J connectivity index is 1.87. The molecule has 1 aliphatic carbocycles. The minimum Gasteiger partial charge on any atom is -0.356 e. The molecule has 0 aromatic heterocycles. The van der Waals surface area contributed by atoms with E-state index in [1.165, 1.54) is 31.2 Å². The van der Waals surface area contributed by atoms with Gasteiger partial charge >= 0.3 is 0 Å². The van der Waals surface area contributed by atoms with Crippen molar-refractivity contribution in [1.82, 2.24) is 15.4 Å². The minimum atomic E-state index is -3.15. The van der Waals surface area contributed by atoms with Crippen LogP contribution in [-0.4, -0.2) is 46.8 Å². The van der Waals surface area contributed by atoms with E-state index in [1.807, 2.05) is 0 Å². The normalized spacial score (nSPS) is 17.4. The molecule has 1 aliphatic rings. The topological polar surface area (TPSA) is 82.6 Å². The van der Waals surface area contributed by atoms with Crippen LogP contribution in [0.15, 0.2) is 35.3 Å². The first-order valence-electron chi connectivity index (χ1n) is 8.99. The highest BCUT2D eigenvalue weighted by molar-refractivity contribution is 7.89. The van der Waals surface area contributed by atoms with E-state index < -0.39 is 10.0 Å². The maximum atomic E-state index is 11.4.